The van der Waals surface area contributed by atoms with Crippen molar-refractivity contribution in [2.24, 2.45) is 0 Å². The van der Waals surface area contributed by atoms with E-state index < -0.39 is 0 Å². The molecule has 2 aromatic heterocycles. The van der Waals surface area contributed by atoms with Crippen molar-refractivity contribution in [3.63, 3.8) is 0 Å². The molecule has 0 aliphatic rings. The Morgan fingerprint density at radius 2 is 1.88 bits per heavy atom. The summed E-state index contributed by atoms with van der Waals surface area (Å²) in [5.74, 6) is 1.68. The van der Waals surface area contributed by atoms with Gasteiger partial charge in [-0.25, -0.2) is 0 Å². The van der Waals surface area contributed by atoms with Crippen molar-refractivity contribution in [1.82, 2.24) is 4.98 Å². The van der Waals surface area contributed by atoms with Gasteiger partial charge in [0.05, 0.1) is 7.11 Å². The third-order valence-corrected chi connectivity index (χ3v) is 2.69. The molecular weight excluding hydrogens is 214 g/mol. The predicted molar refractivity (Wildman–Crippen MR) is 66.0 cm³/mol. The number of rotatable bonds is 2. The Bertz CT molecular complexity index is 644. The molecule has 0 aliphatic heterocycles. The van der Waals surface area contributed by atoms with Gasteiger partial charge in [0, 0.05) is 23.3 Å². The number of methoxy groups -OCH3 is 1. The van der Waals surface area contributed by atoms with E-state index in [1.165, 1.54) is 0 Å². The van der Waals surface area contributed by atoms with Crippen LogP contribution in [0.15, 0.2) is 53.2 Å². The molecule has 17 heavy (non-hydrogen) atoms. The smallest absolute Gasteiger partial charge is 0.135 e. The quantitative estimate of drug-likeness (QED) is 0.669. The molecule has 0 saturated carbocycles. The lowest BCUT2D eigenvalue weighted by atomic mass is 10.2. The minimum Gasteiger partial charge on any atom is -0.497 e. The first-order valence-electron chi connectivity index (χ1n) is 5.35. The summed E-state index contributed by atoms with van der Waals surface area (Å²) in [6, 6.07) is 11.6. The molecule has 0 atom stereocenters. The Hall–Kier alpha value is -2.29. The minimum absolute atomic E-state index is 0.833. The van der Waals surface area contributed by atoms with Crippen LogP contribution >= 0.6 is 0 Å². The van der Waals surface area contributed by atoms with Gasteiger partial charge in [0.25, 0.3) is 0 Å². The average molecular weight is 225 g/mol. The second kappa shape index (κ2) is 3.94. The van der Waals surface area contributed by atoms with Gasteiger partial charge in [0.1, 0.15) is 17.1 Å². The fraction of sp³-hybridized carbons (Fsp3) is 0.0714. The van der Waals surface area contributed by atoms with Crippen LogP contribution in [0.3, 0.4) is 0 Å². The number of benzene rings is 1. The molecule has 3 aromatic rings. The van der Waals surface area contributed by atoms with E-state index in [0.717, 1.165) is 28.0 Å². The van der Waals surface area contributed by atoms with Gasteiger partial charge in [-0.3, -0.25) is 4.98 Å². The van der Waals surface area contributed by atoms with Crippen LogP contribution in [0.2, 0.25) is 0 Å². The fourth-order valence-electron chi connectivity index (χ4n) is 1.81. The molecule has 1 aromatic carbocycles. The van der Waals surface area contributed by atoms with Gasteiger partial charge >= 0.3 is 0 Å². The van der Waals surface area contributed by atoms with Crippen LogP contribution in [0.25, 0.3) is 22.3 Å². The molecule has 3 nitrogen and oxygen atoms in total. The molecule has 3 rings (SSSR count). The number of fused-ring (bicyclic) bond motifs is 1. The molecule has 0 N–H and O–H groups in total. The Morgan fingerprint density at radius 3 is 2.65 bits per heavy atom. The summed E-state index contributed by atoms with van der Waals surface area (Å²) in [5, 5.41) is 1.04. The highest BCUT2D eigenvalue weighted by atomic mass is 16.5. The molecule has 84 valence electrons. The van der Waals surface area contributed by atoms with Crippen molar-refractivity contribution >= 4 is 11.0 Å². The van der Waals surface area contributed by atoms with Gasteiger partial charge in [-0.2, -0.15) is 0 Å². The van der Waals surface area contributed by atoms with Crippen molar-refractivity contribution in [3.05, 3.63) is 48.8 Å². The van der Waals surface area contributed by atoms with Gasteiger partial charge in [-0.1, -0.05) is 0 Å². The summed E-state index contributed by atoms with van der Waals surface area (Å²) in [6.45, 7) is 0. The third-order valence-electron chi connectivity index (χ3n) is 2.69. The summed E-state index contributed by atoms with van der Waals surface area (Å²) in [7, 11) is 1.66. The SMILES string of the molecule is COc1ccc2oc(-c3ccncc3)cc2c1. The fourth-order valence-corrected chi connectivity index (χ4v) is 1.81. The molecule has 0 unspecified atom stereocenters. The molecule has 0 radical (unpaired) electrons. The highest BCUT2D eigenvalue weighted by Crippen LogP contribution is 2.29. The number of hydrogen-bond acceptors (Lipinski definition) is 3. The van der Waals surface area contributed by atoms with Crippen LogP contribution in [0, 0.1) is 0 Å². The Labute approximate surface area is 98.7 Å². The van der Waals surface area contributed by atoms with Crippen LogP contribution in [0.5, 0.6) is 5.75 Å². The molecule has 0 spiro atoms. The van der Waals surface area contributed by atoms with E-state index in [4.69, 9.17) is 9.15 Å². The van der Waals surface area contributed by atoms with Crippen LogP contribution < -0.4 is 4.74 Å². The van der Waals surface area contributed by atoms with E-state index >= 15 is 0 Å². The van der Waals surface area contributed by atoms with E-state index in [0.29, 0.717) is 0 Å². The summed E-state index contributed by atoms with van der Waals surface area (Å²) < 4.78 is 11.0. The lowest BCUT2D eigenvalue weighted by Gasteiger charge is -1.96. The van der Waals surface area contributed by atoms with E-state index in [1.54, 1.807) is 19.5 Å². The predicted octanol–water partition coefficient (Wildman–Crippen LogP) is 3.50. The molecule has 3 heteroatoms. The molecule has 0 bridgehead atoms. The molecule has 0 amide bonds. The highest BCUT2D eigenvalue weighted by molar-refractivity contribution is 5.84. The molecular formula is C14H11NO2. The number of hydrogen-bond donors (Lipinski definition) is 0. The maximum atomic E-state index is 5.77. The second-order valence-corrected chi connectivity index (χ2v) is 3.75. The summed E-state index contributed by atoms with van der Waals surface area (Å²) in [5.41, 5.74) is 1.88. The number of aromatic nitrogens is 1. The first-order valence-corrected chi connectivity index (χ1v) is 5.35. The topological polar surface area (TPSA) is 35.3 Å². The van der Waals surface area contributed by atoms with E-state index in [-0.39, 0.29) is 0 Å². The van der Waals surface area contributed by atoms with Gasteiger partial charge in [-0.05, 0) is 36.4 Å². The molecule has 0 fully saturated rings. The van der Waals surface area contributed by atoms with Crippen LogP contribution in [0.1, 0.15) is 0 Å². The van der Waals surface area contributed by atoms with Crippen molar-refractivity contribution in [2.45, 2.75) is 0 Å². The minimum atomic E-state index is 0.833. The highest BCUT2D eigenvalue weighted by Gasteiger charge is 2.06. The van der Waals surface area contributed by atoms with Crippen molar-refractivity contribution < 1.29 is 9.15 Å². The van der Waals surface area contributed by atoms with Crippen molar-refractivity contribution in [2.75, 3.05) is 7.11 Å². The zero-order valence-electron chi connectivity index (χ0n) is 9.38. The Kier molecular flexibility index (Phi) is 2.29. The van der Waals surface area contributed by atoms with Gasteiger partial charge in [-0.15, -0.1) is 0 Å². The lowest BCUT2D eigenvalue weighted by molar-refractivity contribution is 0.415. The third kappa shape index (κ3) is 1.76. The first-order chi connectivity index (χ1) is 8.36. The zero-order chi connectivity index (χ0) is 11.7. The summed E-state index contributed by atoms with van der Waals surface area (Å²) in [6.07, 6.45) is 3.51. The Morgan fingerprint density at radius 1 is 1.06 bits per heavy atom. The maximum Gasteiger partial charge on any atom is 0.135 e. The van der Waals surface area contributed by atoms with Crippen LogP contribution in [-0.2, 0) is 0 Å². The number of pyridine rings is 1. The van der Waals surface area contributed by atoms with Crippen LogP contribution in [0.4, 0.5) is 0 Å². The number of nitrogens with zero attached hydrogens (tertiary/aromatic N) is 1. The van der Waals surface area contributed by atoms with Gasteiger partial charge in [0.15, 0.2) is 0 Å². The van der Waals surface area contributed by atoms with Crippen molar-refractivity contribution in [1.29, 1.82) is 0 Å². The van der Waals surface area contributed by atoms with E-state index in [1.807, 2.05) is 36.4 Å². The van der Waals surface area contributed by atoms with Gasteiger partial charge < -0.3 is 9.15 Å². The summed E-state index contributed by atoms with van der Waals surface area (Å²) >= 11 is 0. The average Bonchev–Trinajstić information content (AvgIpc) is 2.82. The van der Waals surface area contributed by atoms with E-state index in [9.17, 15) is 0 Å². The second-order valence-electron chi connectivity index (χ2n) is 3.75. The van der Waals surface area contributed by atoms with Crippen LogP contribution in [-0.4, -0.2) is 12.1 Å². The number of furan rings is 1. The lowest BCUT2D eigenvalue weighted by Crippen LogP contribution is -1.79. The normalized spacial score (nSPS) is 10.6. The maximum absolute atomic E-state index is 5.77. The van der Waals surface area contributed by atoms with E-state index in [2.05, 4.69) is 4.98 Å². The van der Waals surface area contributed by atoms with Crippen molar-refractivity contribution in [3.8, 4) is 17.1 Å². The van der Waals surface area contributed by atoms with Gasteiger partial charge in [0.2, 0.25) is 0 Å². The molecule has 2 heterocycles. The Balaban J connectivity index is 2.14. The number of ether oxygens (including phenoxy) is 1. The largest absolute Gasteiger partial charge is 0.497 e. The molecule has 0 aliphatic carbocycles. The summed E-state index contributed by atoms with van der Waals surface area (Å²) in [4.78, 5) is 3.99. The molecule has 0 saturated heterocycles. The first kappa shape index (κ1) is 9.90. The zero-order valence-corrected chi connectivity index (χ0v) is 9.38. The standard InChI is InChI=1S/C14H11NO2/c1-16-12-2-3-13-11(8-12)9-14(17-13)10-4-6-15-7-5-10/h2-9H,1H3. The monoisotopic (exact) mass is 225 g/mol.